The second-order valence-corrected chi connectivity index (χ2v) is 1.69. The monoisotopic (exact) mass is 159 g/mol. The summed E-state index contributed by atoms with van der Waals surface area (Å²) < 4.78 is 0. The molecule has 0 saturated heterocycles. The van der Waals surface area contributed by atoms with Crippen LogP contribution in [-0.4, -0.2) is 22.8 Å². The molecule has 0 rings (SSSR count). The van der Waals surface area contributed by atoms with E-state index in [0.717, 1.165) is 0 Å². The molecule has 0 unspecified atom stereocenters. The maximum Gasteiger partial charge on any atom is 0.352 e. The molecule has 0 saturated carbocycles. The zero-order chi connectivity index (χ0) is 8.85. The van der Waals surface area contributed by atoms with Crippen LogP contribution in [0.1, 0.15) is 13.3 Å². The number of carbonyl (C=O) groups excluding carboxylic acids is 1. The molecular weight excluding hydrogens is 150 g/mol. The maximum atomic E-state index is 10.2. The van der Waals surface area contributed by atoms with Crippen LogP contribution in [0, 0.1) is 0 Å². The van der Waals surface area contributed by atoms with E-state index < -0.39 is 12.0 Å². The molecule has 0 aliphatic heterocycles. The first kappa shape index (κ1) is 9.41. The highest BCUT2D eigenvalue weighted by molar-refractivity contribution is 6.35. The predicted molar refractivity (Wildman–Crippen MR) is 38.1 cm³/mol. The number of nitrogens with two attached hydrogens (primary N) is 1. The van der Waals surface area contributed by atoms with Crippen molar-refractivity contribution in [1.82, 2.24) is 5.43 Å². The molecule has 0 heterocycles. The van der Waals surface area contributed by atoms with Gasteiger partial charge in [0.1, 0.15) is 5.71 Å². The molecule has 0 aromatic heterocycles. The third-order valence-corrected chi connectivity index (χ3v) is 0.883. The van der Waals surface area contributed by atoms with Crippen molar-refractivity contribution in [2.45, 2.75) is 13.3 Å². The van der Waals surface area contributed by atoms with Crippen LogP contribution in [-0.2, 0) is 4.79 Å². The number of carbonyl (C=O) groups is 2. The summed E-state index contributed by atoms with van der Waals surface area (Å²) in [6.45, 7) is 1.61. The number of primary amides is 1. The molecule has 6 nitrogen and oxygen atoms in total. The van der Waals surface area contributed by atoms with Gasteiger partial charge in [0.05, 0.1) is 0 Å². The van der Waals surface area contributed by atoms with Crippen molar-refractivity contribution in [3.05, 3.63) is 0 Å². The Labute approximate surface area is 63.1 Å². The van der Waals surface area contributed by atoms with Gasteiger partial charge in [-0.25, -0.2) is 15.0 Å². The van der Waals surface area contributed by atoms with E-state index in [9.17, 15) is 9.59 Å². The van der Waals surface area contributed by atoms with Gasteiger partial charge in [0.15, 0.2) is 0 Å². The Balaban J connectivity index is 4.13. The molecule has 6 heteroatoms. The Morgan fingerprint density at radius 3 is 2.45 bits per heavy atom. The van der Waals surface area contributed by atoms with Gasteiger partial charge in [-0.1, -0.05) is 6.92 Å². The molecule has 62 valence electrons. The fourth-order valence-corrected chi connectivity index (χ4v) is 0.401. The second-order valence-electron chi connectivity index (χ2n) is 1.69. The highest BCUT2D eigenvalue weighted by Gasteiger charge is 2.05. The van der Waals surface area contributed by atoms with Gasteiger partial charge in [-0.3, -0.25) is 0 Å². The number of amides is 2. The van der Waals surface area contributed by atoms with Gasteiger partial charge in [-0.15, -0.1) is 0 Å². The highest BCUT2D eigenvalue weighted by atomic mass is 16.4. The van der Waals surface area contributed by atoms with E-state index in [1.807, 2.05) is 5.43 Å². The summed E-state index contributed by atoms with van der Waals surface area (Å²) in [5, 5.41) is 11.6. The molecule has 0 aliphatic rings. The molecule has 4 N–H and O–H groups in total. The maximum absolute atomic E-state index is 10.2. The quantitative estimate of drug-likeness (QED) is 0.382. The van der Waals surface area contributed by atoms with E-state index in [4.69, 9.17) is 5.11 Å². The van der Waals surface area contributed by atoms with Crippen molar-refractivity contribution in [1.29, 1.82) is 0 Å². The molecule has 0 atom stereocenters. The number of nitrogens with one attached hydrogen (secondary N) is 1. The second kappa shape index (κ2) is 4.26. The van der Waals surface area contributed by atoms with Crippen molar-refractivity contribution >= 4 is 17.7 Å². The highest BCUT2D eigenvalue weighted by Crippen LogP contribution is 1.83. The molecule has 11 heavy (non-hydrogen) atoms. The zero-order valence-corrected chi connectivity index (χ0v) is 6.00. The Bertz CT molecular complexity index is 199. The third kappa shape index (κ3) is 3.90. The Morgan fingerprint density at radius 2 is 2.18 bits per heavy atom. The average molecular weight is 159 g/mol. The van der Waals surface area contributed by atoms with E-state index in [0.29, 0.717) is 0 Å². The first-order chi connectivity index (χ1) is 5.07. The number of aliphatic carboxylic acids is 1. The van der Waals surface area contributed by atoms with Crippen LogP contribution >= 0.6 is 0 Å². The van der Waals surface area contributed by atoms with Gasteiger partial charge in [0.25, 0.3) is 0 Å². The fraction of sp³-hybridized carbons (Fsp3) is 0.400. The number of hydrazone groups is 1. The van der Waals surface area contributed by atoms with Crippen LogP contribution in [0.2, 0.25) is 0 Å². The lowest BCUT2D eigenvalue weighted by Gasteiger charge is -1.95. The number of hydrogen-bond donors (Lipinski definition) is 3. The van der Waals surface area contributed by atoms with Gasteiger partial charge >= 0.3 is 12.0 Å². The summed E-state index contributed by atoms with van der Waals surface area (Å²) in [6, 6.07) is -0.878. The van der Waals surface area contributed by atoms with Gasteiger partial charge < -0.3 is 10.8 Å². The normalized spacial score (nSPS) is 10.8. The molecule has 0 radical (unpaired) electrons. The van der Waals surface area contributed by atoms with Gasteiger partial charge in [0.2, 0.25) is 0 Å². The summed E-state index contributed by atoms with van der Waals surface area (Å²) >= 11 is 0. The third-order valence-electron chi connectivity index (χ3n) is 0.883. The van der Waals surface area contributed by atoms with Crippen LogP contribution in [0.15, 0.2) is 5.10 Å². The molecule has 0 aliphatic carbocycles. The number of nitrogens with zero attached hydrogens (tertiary/aromatic N) is 1. The lowest BCUT2D eigenvalue weighted by molar-refractivity contribution is -0.129. The molecule has 0 fully saturated rings. The van der Waals surface area contributed by atoms with Gasteiger partial charge in [-0.2, -0.15) is 5.10 Å². The Hall–Kier alpha value is -1.59. The van der Waals surface area contributed by atoms with Crippen molar-refractivity contribution in [2.24, 2.45) is 10.8 Å². The molecule has 0 aromatic carbocycles. The molecule has 0 spiro atoms. The molecular formula is C5H9N3O3. The lowest BCUT2D eigenvalue weighted by Crippen LogP contribution is -2.27. The van der Waals surface area contributed by atoms with Crippen LogP contribution in [0.3, 0.4) is 0 Å². The number of carboxylic acid groups (broad SMARTS) is 1. The molecule has 0 bridgehead atoms. The SMILES string of the molecule is CC/C(=N\NC(N)=O)C(=O)O. The van der Waals surface area contributed by atoms with E-state index in [2.05, 4.69) is 10.8 Å². The average Bonchev–Trinajstić information content (AvgIpc) is 1.87. The molecule has 2 amide bonds. The van der Waals surface area contributed by atoms with Crippen LogP contribution < -0.4 is 11.2 Å². The first-order valence-corrected chi connectivity index (χ1v) is 2.93. The number of rotatable bonds is 3. The number of hydrogen-bond acceptors (Lipinski definition) is 3. The Kier molecular flexibility index (Phi) is 3.65. The van der Waals surface area contributed by atoms with Crippen LogP contribution in [0.5, 0.6) is 0 Å². The summed E-state index contributed by atoms with van der Waals surface area (Å²) in [7, 11) is 0. The van der Waals surface area contributed by atoms with E-state index >= 15 is 0 Å². The topological polar surface area (TPSA) is 105 Å². The standard InChI is InChI=1S/C5H9N3O3/c1-2-3(4(9)10)7-8-5(6)11/h2H2,1H3,(H,9,10)(H3,6,8,11)/b7-3+. The summed E-state index contributed by atoms with van der Waals surface area (Å²) in [6.07, 6.45) is 0.232. The zero-order valence-electron chi connectivity index (χ0n) is 6.00. The summed E-state index contributed by atoms with van der Waals surface area (Å²) in [4.78, 5) is 20.3. The summed E-state index contributed by atoms with van der Waals surface area (Å²) in [5.41, 5.74) is 6.33. The van der Waals surface area contributed by atoms with E-state index in [1.54, 1.807) is 6.92 Å². The smallest absolute Gasteiger partial charge is 0.352 e. The predicted octanol–water partition coefficient (Wildman–Crippen LogP) is -0.495. The van der Waals surface area contributed by atoms with E-state index in [-0.39, 0.29) is 12.1 Å². The largest absolute Gasteiger partial charge is 0.477 e. The first-order valence-electron chi connectivity index (χ1n) is 2.93. The lowest BCUT2D eigenvalue weighted by atomic mass is 10.3. The van der Waals surface area contributed by atoms with Crippen LogP contribution in [0.4, 0.5) is 4.79 Å². The van der Waals surface area contributed by atoms with Gasteiger partial charge in [-0.05, 0) is 6.42 Å². The van der Waals surface area contributed by atoms with E-state index in [1.165, 1.54) is 0 Å². The Morgan fingerprint density at radius 1 is 1.64 bits per heavy atom. The minimum Gasteiger partial charge on any atom is -0.477 e. The van der Waals surface area contributed by atoms with Crippen LogP contribution in [0.25, 0.3) is 0 Å². The summed E-state index contributed by atoms with van der Waals surface area (Å²) in [5.74, 6) is -1.17. The minimum absolute atomic E-state index is 0.135. The van der Waals surface area contributed by atoms with Crippen molar-refractivity contribution in [3.63, 3.8) is 0 Å². The number of carboxylic acids is 1. The van der Waals surface area contributed by atoms with Crippen molar-refractivity contribution in [3.8, 4) is 0 Å². The van der Waals surface area contributed by atoms with Crippen molar-refractivity contribution < 1.29 is 14.7 Å². The molecule has 0 aromatic rings. The van der Waals surface area contributed by atoms with Crippen molar-refractivity contribution in [2.75, 3.05) is 0 Å². The minimum atomic E-state index is -1.17. The number of urea groups is 1. The van der Waals surface area contributed by atoms with Gasteiger partial charge in [0, 0.05) is 0 Å². The fourth-order valence-electron chi connectivity index (χ4n) is 0.401.